The largest absolute Gasteiger partial charge is 0.385 e. The first kappa shape index (κ1) is 21.2. The number of amides is 1. The van der Waals surface area contributed by atoms with E-state index in [1.807, 2.05) is 48.2 Å². The number of nitrogens with one attached hydrogen (secondary N) is 1. The Morgan fingerprint density at radius 3 is 2.69 bits per heavy atom. The van der Waals surface area contributed by atoms with E-state index in [2.05, 4.69) is 26.5 Å². The fourth-order valence-corrected chi connectivity index (χ4v) is 5.21. The Bertz CT molecular complexity index is 1120. The number of hydrogen-bond donors (Lipinski definition) is 1. The number of hydrogen-bond acceptors (Lipinski definition) is 5. The van der Waals surface area contributed by atoms with Gasteiger partial charge in [0.15, 0.2) is 0 Å². The maximum atomic E-state index is 13.2. The van der Waals surface area contributed by atoms with Crippen molar-refractivity contribution in [3.8, 4) is 0 Å². The molecule has 0 aliphatic carbocycles. The molecule has 1 N–H and O–H groups in total. The first-order valence-corrected chi connectivity index (χ1v) is 11.7. The lowest BCUT2D eigenvalue weighted by Gasteiger charge is -2.22. The van der Waals surface area contributed by atoms with E-state index in [0.29, 0.717) is 17.4 Å². The minimum Gasteiger partial charge on any atom is -0.385 e. The summed E-state index contributed by atoms with van der Waals surface area (Å²) in [6.07, 6.45) is 2.70. The number of benzene rings is 2. The van der Waals surface area contributed by atoms with Gasteiger partial charge >= 0.3 is 0 Å². The molecule has 7 heteroatoms. The Kier molecular flexibility index (Phi) is 5.98. The van der Waals surface area contributed by atoms with Gasteiger partial charge in [-0.25, -0.2) is 0 Å². The van der Waals surface area contributed by atoms with Crippen LogP contribution in [-0.4, -0.2) is 65.2 Å². The lowest BCUT2D eigenvalue weighted by Crippen LogP contribution is -2.34. The molecule has 32 heavy (non-hydrogen) atoms. The summed E-state index contributed by atoms with van der Waals surface area (Å²) >= 11 is 6.20. The molecule has 2 aliphatic heterocycles. The number of likely N-dealkylation sites (tertiary alicyclic amines) is 2. The number of aromatic nitrogens is 2. The van der Waals surface area contributed by atoms with Crippen LogP contribution in [-0.2, 0) is 0 Å². The summed E-state index contributed by atoms with van der Waals surface area (Å²) in [5, 5.41) is 13.3. The normalized spacial score (nSPS) is 20.6. The van der Waals surface area contributed by atoms with Crippen LogP contribution in [0.25, 0.3) is 10.9 Å². The molecule has 0 saturated carbocycles. The molecule has 3 aromatic rings. The molecule has 2 fully saturated rings. The predicted molar refractivity (Wildman–Crippen MR) is 128 cm³/mol. The minimum atomic E-state index is 0.0815. The van der Waals surface area contributed by atoms with E-state index in [0.717, 1.165) is 72.9 Å². The summed E-state index contributed by atoms with van der Waals surface area (Å²) in [4.78, 5) is 17.7. The van der Waals surface area contributed by atoms with Crippen molar-refractivity contribution in [1.29, 1.82) is 0 Å². The summed E-state index contributed by atoms with van der Waals surface area (Å²) in [7, 11) is 0. The Balaban J connectivity index is 1.11. The van der Waals surface area contributed by atoms with Gasteiger partial charge in [0.25, 0.3) is 5.91 Å². The van der Waals surface area contributed by atoms with Crippen molar-refractivity contribution in [2.45, 2.75) is 13.3 Å². The molecule has 2 saturated heterocycles. The highest BCUT2D eigenvalue weighted by Crippen LogP contribution is 2.32. The number of rotatable bonds is 6. The van der Waals surface area contributed by atoms with E-state index in [1.54, 1.807) is 6.20 Å². The average Bonchev–Trinajstić information content (AvgIpc) is 3.37. The topological polar surface area (TPSA) is 61.4 Å². The summed E-state index contributed by atoms with van der Waals surface area (Å²) in [6.45, 7) is 7.82. The highest BCUT2D eigenvalue weighted by molar-refractivity contribution is 6.31. The van der Waals surface area contributed by atoms with Gasteiger partial charge in [0, 0.05) is 48.8 Å². The molecule has 0 bridgehead atoms. The number of carbonyl (C=O) groups is 1. The predicted octanol–water partition coefficient (Wildman–Crippen LogP) is 4.10. The first-order valence-electron chi connectivity index (χ1n) is 11.3. The Labute approximate surface area is 193 Å². The van der Waals surface area contributed by atoms with Gasteiger partial charge in [0.05, 0.1) is 17.3 Å². The fourth-order valence-electron chi connectivity index (χ4n) is 5.02. The smallest absolute Gasteiger partial charge is 0.256 e. The number of nitrogens with zero attached hydrogens (tertiary/aromatic N) is 4. The lowest BCUT2D eigenvalue weighted by molar-refractivity contribution is 0.0775. The van der Waals surface area contributed by atoms with Crippen molar-refractivity contribution < 1.29 is 4.79 Å². The van der Waals surface area contributed by atoms with Crippen LogP contribution >= 0.6 is 11.6 Å². The van der Waals surface area contributed by atoms with Gasteiger partial charge in [0.2, 0.25) is 0 Å². The Hall–Kier alpha value is -2.70. The minimum absolute atomic E-state index is 0.0815. The molecular formula is C25H28ClN5O. The SMILES string of the molecule is Cc1ccc(NCCCN2CC3CN(C(=O)c4cnnc5ccccc45)CC3C2)cc1Cl. The molecule has 2 aromatic carbocycles. The lowest BCUT2D eigenvalue weighted by atomic mass is 10.0. The van der Waals surface area contributed by atoms with E-state index in [9.17, 15) is 4.79 Å². The molecule has 2 unspecified atom stereocenters. The number of anilines is 1. The molecule has 6 nitrogen and oxygen atoms in total. The highest BCUT2D eigenvalue weighted by Gasteiger charge is 2.41. The second kappa shape index (κ2) is 9.04. The molecular weight excluding hydrogens is 422 g/mol. The van der Waals surface area contributed by atoms with Gasteiger partial charge < -0.3 is 15.1 Å². The molecule has 5 rings (SSSR count). The molecule has 3 heterocycles. The Morgan fingerprint density at radius 2 is 1.91 bits per heavy atom. The molecule has 2 aliphatic rings. The quantitative estimate of drug-likeness (QED) is 0.574. The van der Waals surface area contributed by atoms with Crippen LogP contribution < -0.4 is 5.32 Å². The van der Waals surface area contributed by atoms with Crippen LogP contribution in [0.3, 0.4) is 0 Å². The second-order valence-electron chi connectivity index (χ2n) is 9.01. The number of halogens is 1. The van der Waals surface area contributed by atoms with Crippen molar-refractivity contribution in [3.05, 3.63) is 64.8 Å². The van der Waals surface area contributed by atoms with Crippen LogP contribution in [0.2, 0.25) is 5.02 Å². The van der Waals surface area contributed by atoms with Gasteiger partial charge in [-0.05, 0) is 55.5 Å². The van der Waals surface area contributed by atoms with Crippen LogP contribution in [0.4, 0.5) is 5.69 Å². The van der Waals surface area contributed by atoms with Crippen LogP contribution in [0, 0.1) is 18.8 Å². The van der Waals surface area contributed by atoms with Crippen molar-refractivity contribution >= 4 is 34.1 Å². The summed E-state index contributed by atoms with van der Waals surface area (Å²) in [5.74, 6) is 1.20. The zero-order valence-corrected chi connectivity index (χ0v) is 19.1. The zero-order valence-electron chi connectivity index (χ0n) is 18.3. The zero-order chi connectivity index (χ0) is 22.1. The van der Waals surface area contributed by atoms with Crippen molar-refractivity contribution in [1.82, 2.24) is 20.0 Å². The van der Waals surface area contributed by atoms with Gasteiger partial charge in [-0.15, -0.1) is 0 Å². The third kappa shape index (κ3) is 4.30. The molecule has 1 aromatic heterocycles. The highest BCUT2D eigenvalue weighted by atomic mass is 35.5. The monoisotopic (exact) mass is 449 g/mol. The maximum Gasteiger partial charge on any atom is 0.256 e. The number of fused-ring (bicyclic) bond motifs is 2. The van der Waals surface area contributed by atoms with Crippen molar-refractivity contribution in [2.24, 2.45) is 11.8 Å². The summed E-state index contributed by atoms with van der Waals surface area (Å²) in [6, 6.07) is 13.8. The van der Waals surface area contributed by atoms with Crippen molar-refractivity contribution in [3.63, 3.8) is 0 Å². The van der Waals surface area contributed by atoms with Gasteiger partial charge in [0.1, 0.15) is 0 Å². The third-order valence-electron chi connectivity index (χ3n) is 6.78. The summed E-state index contributed by atoms with van der Waals surface area (Å²) in [5.41, 5.74) is 3.60. The van der Waals surface area contributed by atoms with Gasteiger partial charge in [-0.1, -0.05) is 35.9 Å². The number of aryl methyl sites for hydroxylation is 1. The summed E-state index contributed by atoms with van der Waals surface area (Å²) < 4.78 is 0. The molecule has 2 atom stereocenters. The number of carbonyl (C=O) groups excluding carboxylic acids is 1. The van der Waals surface area contributed by atoms with Crippen LogP contribution in [0.1, 0.15) is 22.3 Å². The van der Waals surface area contributed by atoms with Gasteiger partial charge in [-0.3, -0.25) is 4.79 Å². The van der Waals surface area contributed by atoms with Crippen molar-refractivity contribution in [2.75, 3.05) is 44.6 Å². The first-order chi connectivity index (χ1) is 15.6. The van der Waals surface area contributed by atoms with E-state index >= 15 is 0 Å². The fraction of sp³-hybridized carbons (Fsp3) is 0.400. The van der Waals surface area contributed by atoms with E-state index in [-0.39, 0.29) is 5.91 Å². The van der Waals surface area contributed by atoms with Gasteiger partial charge in [-0.2, -0.15) is 10.2 Å². The average molecular weight is 450 g/mol. The standard InChI is InChI=1S/C25H28ClN5O/c1-17-7-8-20(11-23(17)26)27-9-4-10-30-13-18-15-31(16-19(18)14-30)25(32)22-12-28-29-24-6-3-2-5-21(22)24/h2-3,5-8,11-12,18-19,27H,4,9-10,13-16H2,1H3. The molecule has 166 valence electrons. The van der Waals surface area contributed by atoms with E-state index in [4.69, 9.17) is 11.6 Å². The van der Waals surface area contributed by atoms with E-state index in [1.165, 1.54) is 0 Å². The second-order valence-corrected chi connectivity index (χ2v) is 9.42. The Morgan fingerprint density at radius 1 is 1.12 bits per heavy atom. The third-order valence-corrected chi connectivity index (χ3v) is 7.19. The molecule has 0 spiro atoms. The maximum absolute atomic E-state index is 13.2. The van der Waals surface area contributed by atoms with E-state index < -0.39 is 0 Å². The van der Waals surface area contributed by atoms with Crippen LogP contribution in [0.15, 0.2) is 48.7 Å². The van der Waals surface area contributed by atoms with Crippen LogP contribution in [0.5, 0.6) is 0 Å². The molecule has 0 radical (unpaired) electrons. The molecule has 1 amide bonds.